The van der Waals surface area contributed by atoms with Crippen LogP contribution in [0.5, 0.6) is 0 Å². The van der Waals surface area contributed by atoms with E-state index in [2.05, 4.69) is 21.0 Å². The second-order valence-electron chi connectivity index (χ2n) is 4.82. The molecule has 0 N–H and O–H groups in total. The van der Waals surface area contributed by atoms with Gasteiger partial charge in [0.1, 0.15) is 6.54 Å². The molecule has 1 aromatic heterocycles. The number of nitrogens with zero attached hydrogens (tertiary/aromatic N) is 3. The van der Waals surface area contributed by atoms with E-state index in [4.69, 9.17) is 4.74 Å². The second kappa shape index (κ2) is 5.40. The molecule has 0 radical (unpaired) electrons. The number of halogens is 1. The Morgan fingerprint density at radius 3 is 2.61 bits per heavy atom. The molecule has 1 aliphatic rings. The van der Waals surface area contributed by atoms with Crippen molar-refractivity contribution in [2.45, 2.75) is 39.5 Å². The summed E-state index contributed by atoms with van der Waals surface area (Å²) >= 11 is 3.39. The minimum atomic E-state index is 0.0898. The lowest BCUT2D eigenvalue weighted by molar-refractivity contribution is -0.144. The molecule has 2 heterocycles. The van der Waals surface area contributed by atoms with Gasteiger partial charge in [0.05, 0.1) is 22.4 Å². The molecular weight excluding hydrogens is 298 g/mol. The van der Waals surface area contributed by atoms with E-state index in [-0.39, 0.29) is 24.7 Å². The predicted molar refractivity (Wildman–Crippen MR) is 71.3 cm³/mol. The summed E-state index contributed by atoms with van der Waals surface area (Å²) in [6.07, 6.45) is 2.04. The van der Waals surface area contributed by atoms with Crippen molar-refractivity contribution < 1.29 is 9.53 Å². The van der Waals surface area contributed by atoms with Gasteiger partial charge in [0, 0.05) is 19.3 Å². The normalized spacial score (nSPS) is 24.3. The van der Waals surface area contributed by atoms with Gasteiger partial charge in [-0.2, -0.15) is 5.10 Å². The van der Waals surface area contributed by atoms with Gasteiger partial charge in [0.15, 0.2) is 0 Å². The van der Waals surface area contributed by atoms with Gasteiger partial charge in [-0.15, -0.1) is 0 Å². The molecule has 0 spiro atoms. The van der Waals surface area contributed by atoms with E-state index in [1.54, 1.807) is 4.68 Å². The Bertz CT molecular complexity index is 417. The van der Waals surface area contributed by atoms with Crippen LogP contribution in [0.3, 0.4) is 0 Å². The van der Waals surface area contributed by atoms with Crippen LogP contribution in [0.4, 0.5) is 0 Å². The summed E-state index contributed by atoms with van der Waals surface area (Å²) in [6, 6.07) is 0. The monoisotopic (exact) mass is 315 g/mol. The minimum Gasteiger partial charge on any atom is -0.372 e. The number of hydrogen-bond donors (Lipinski definition) is 0. The Morgan fingerprint density at radius 1 is 1.50 bits per heavy atom. The average Bonchev–Trinajstić information content (AvgIpc) is 2.56. The first-order valence-electron chi connectivity index (χ1n) is 6.08. The Hall–Kier alpha value is -0.880. The third kappa shape index (κ3) is 3.11. The topological polar surface area (TPSA) is 47.4 Å². The first-order valence-corrected chi connectivity index (χ1v) is 6.88. The molecule has 1 saturated heterocycles. The fraction of sp³-hybridized carbons (Fsp3) is 0.667. The summed E-state index contributed by atoms with van der Waals surface area (Å²) in [7, 11) is 0. The van der Waals surface area contributed by atoms with E-state index in [9.17, 15) is 4.79 Å². The highest BCUT2D eigenvalue weighted by atomic mass is 79.9. The van der Waals surface area contributed by atoms with E-state index >= 15 is 0 Å². The van der Waals surface area contributed by atoms with Crippen molar-refractivity contribution in [2.24, 2.45) is 0 Å². The molecule has 0 saturated carbocycles. The number of ether oxygens (including phenoxy) is 1. The van der Waals surface area contributed by atoms with E-state index in [1.165, 1.54) is 0 Å². The van der Waals surface area contributed by atoms with Gasteiger partial charge in [0.2, 0.25) is 5.91 Å². The summed E-state index contributed by atoms with van der Waals surface area (Å²) in [6.45, 7) is 7.49. The lowest BCUT2D eigenvalue weighted by Crippen LogP contribution is -2.49. The lowest BCUT2D eigenvalue weighted by atomic mass is 10.2. The van der Waals surface area contributed by atoms with Crippen molar-refractivity contribution in [2.75, 3.05) is 13.1 Å². The first-order chi connectivity index (χ1) is 8.45. The van der Waals surface area contributed by atoms with Crippen molar-refractivity contribution in [3.63, 3.8) is 0 Å². The summed E-state index contributed by atoms with van der Waals surface area (Å²) in [5, 5.41) is 4.27. The predicted octanol–water partition coefficient (Wildman–Crippen LogP) is 1.59. The van der Waals surface area contributed by atoms with Crippen LogP contribution in [0.2, 0.25) is 0 Å². The summed E-state index contributed by atoms with van der Waals surface area (Å²) in [4.78, 5) is 14.0. The van der Waals surface area contributed by atoms with Gasteiger partial charge < -0.3 is 9.64 Å². The molecule has 0 unspecified atom stereocenters. The highest BCUT2D eigenvalue weighted by Gasteiger charge is 2.26. The number of amides is 1. The maximum atomic E-state index is 12.2. The molecular formula is C12H18BrN3O2. The van der Waals surface area contributed by atoms with Crippen LogP contribution in [0.25, 0.3) is 0 Å². The van der Waals surface area contributed by atoms with Gasteiger partial charge in [-0.25, -0.2) is 0 Å². The van der Waals surface area contributed by atoms with Crippen molar-refractivity contribution >= 4 is 21.8 Å². The van der Waals surface area contributed by atoms with E-state index < -0.39 is 0 Å². The third-order valence-corrected chi connectivity index (χ3v) is 3.73. The van der Waals surface area contributed by atoms with Crippen LogP contribution < -0.4 is 0 Å². The summed E-state index contributed by atoms with van der Waals surface area (Å²) in [5.41, 5.74) is 0.895. The molecule has 2 atom stereocenters. The first kappa shape index (κ1) is 13.5. The molecule has 6 heteroatoms. The van der Waals surface area contributed by atoms with Gasteiger partial charge >= 0.3 is 0 Å². The quantitative estimate of drug-likeness (QED) is 0.832. The smallest absolute Gasteiger partial charge is 0.244 e. The molecule has 1 aliphatic heterocycles. The molecule has 0 aliphatic carbocycles. The fourth-order valence-corrected chi connectivity index (χ4v) is 2.51. The number of aromatic nitrogens is 2. The Kier molecular flexibility index (Phi) is 4.07. The maximum absolute atomic E-state index is 12.2. The third-order valence-electron chi connectivity index (χ3n) is 2.96. The Labute approximate surface area is 115 Å². The minimum absolute atomic E-state index is 0.0898. The molecule has 0 bridgehead atoms. The highest BCUT2D eigenvalue weighted by Crippen LogP contribution is 2.14. The fourth-order valence-electron chi connectivity index (χ4n) is 2.19. The van der Waals surface area contributed by atoms with E-state index in [1.807, 2.05) is 31.9 Å². The second-order valence-corrected chi connectivity index (χ2v) is 5.67. The van der Waals surface area contributed by atoms with Crippen molar-refractivity contribution in [1.29, 1.82) is 0 Å². The molecule has 1 amide bonds. The zero-order valence-corrected chi connectivity index (χ0v) is 12.5. The Morgan fingerprint density at radius 2 is 2.11 bits per heavy atom. The number of carbonyl (C=O) groups excluding carboxylic acids is 1. The average molecular weight is 316 g/mol. The molecule has 100 valence electrons. The van der Waals surface area contributed by atoms with E-state index in [0.717, 1.165) is 10.2 Å². The number of hydrogen-bond acceptors (Lipinski definition) is 3. The van der Waals surface area contributed by atoms with Crippen LogP contribution in [-0.2, 0) is 16.1 Å². The van der Waals surface area contributed by atoms with Crippen LogP contribution in [0, 0.1) is 6.92 Å². The highest BCUT2D eigenvalue weighted by molar-refractivity contribution is 9.10. The van der Waals surface area contributed by atoms with Crippen LogP contribution in [0.15, 0.2) is 10.7 Å². The number of rotatable bonds is 2. The van der Waals surface area contributed by atoms with Crippen LogP contribution in [-0.4, -0.2) is 45.9 Å². The SMILES string of the molecule is Cc1nn(CC(=O)N2C[C@H](C)O[C@@H](C)C2)cc1Br. The number of carbonyl (C=O) groups is 1. The van der Waals surface area contributed by atoms with Gasteiger partial charge in [-0.3, -0.25) is 9.48 Å². The molecule has 5 nitrogen and oxygen atoms in total. The molecule has 1 fully saturated rings. The standard InChI is InChI=1S/C12H18BrN3O2/c1-8-4-15(5-9(2)18-8)12(17)7-16-6-11(13)10(3)14-16/h6,8-9H,4-5,7H2,1-3H3/t8-,9-/m0/s1. The van der Waals surface area contributed by atoms with Gasteiger partial charge in [-0.1, -0.05) is 0 Å². The van der Waals surface area contributed by atoms with Crippen LogP contribution in [0.1, 0.15) is 19.5 Å². The van der Waals surface area contributed by atoms with Crippen molar-refractivity contribution in [3.05, 3.63) is 16.4 Å². The number of aryl methyl sites for hydroxylation is 1. The summed E-state index contributed by atoms with van der Waals surface area (Å²) in [5.74, 6) is 0.0898. The van der Waals surface area contributed by atoms with Gasteiger partial charge in [0.25, 0.3) is 0 Å². The van der Waals surface area contributed by atoms with Crippen molar-refractivity contribution in [3.8, 4) is 0 Å². The van der Waals surface area contributed by atoms with Crippen LogP contribution >= 0.6 is 15.9 Å². The largest absolute Gasteiger partial charge is 0.372 e. The zero-order valence-electron chi connectivity index (χ0n) is 10.9. The summed E-state index contributed by atoms with van der Waals surface area (Å²) < 4.78 is 8.22. The maximum Gasteiger partial charge on any atom is 0.244 e. The van der Waals surface area contributed by atoms with E-state index in [0.29, 0.717) is 13.1 Å². The molecule has 1 aromatic rings. The lowest BCUT2D eigenvalue weighted by Gasteiger charge is -2.35. The van der Waals surface area contributed by atoms with Crippen molar-refractivity contribution in [1.82, 2.24) is 14.7 Å². The molecule has 18 heavy (non-hydrogen) atoms. The van der Waals surface area contributed by atoms with Gasteiger partial charge in [-0.05, 0) is 36.7 Å². The molecule has 2 rings (SSSR count). The Balaban J connectivity index is 1.99. The molecule has 0 aromatic carbocycles. The number of morpholine rings is 1. The zero-order chi connectivity index (χ0) is 13.3.